The van der Waals surface area contributed by atoms with Gasteiger partial charge >= 0.3 is 0 Å². The maximum Gasteiger partial charge on any atom is 0.256 e. The van der Waals surface area contributed by atoms with Crippen molar-refractivity contribution in [1.29, 1.82) is 0 Å². The molecule has 3 heteroatoms. The average Bonchev–Trinajstić information content (AvgIpc) is 2.39. The third-order valence-electron chi connectivity index (χ3n) is 2.95. The van der Waals surface area contributed by atoms with Crippen LogP contribution in [0.2, 0.25) is 0 Å². The highest BCUT2D eigenvalue weighted by atomic mass is 16.3. The summed E-state index contributed by atoms with van der Waals surface area (Å²) in [6.45, 7) is 3.71. The normalized spacial score (nSPS) is 10.9. The van der Waals surface area contributed by atoms with E-state index in [1.165, 1.54) is 0 Å². The summed E-state index contributed by atoms with van der Waals surface area (Å²) in [5.41, 5.74) is 2.21. The Balaban J connectivity index is 2.69. The van der Waals surface area contributed by atoms with Gasteiger partial charge in [0.1, 0.15) is 0 Å². The topological polar surface area (TPSA) is 42.2 Å². The van der Waals surface area contributed by atoms with E-state index in [-0.39, 0.29) is 18.2 Å². The minimum absolute atomic E-state index is 0.0548. The SMILES string of the molecule is CC(C)n1c(-c2ccccc2)ccc(CO)c1=O. The van der Waals surface area contributed by atoms with E-state index in [0.29, 0.717) is 5.56 Å². The fourth-order valence-electron chi connectivity index (χ4n) is 2.07. The maximum atomic E-state index is 12.2. The van der Waals surface area contributed by atoms with E-state index in [1.54, 1.807) is 10.6 Å². The average molecular weight is 243 g/mol. The van der Waals surface area contributed by atoms with Crippen LogP contribution in [0.4, 0.5) is 0 Å². The maximum absolute atomic E-state index is 12.2. The molecular formula is C15H17NO2. The van der Waals surface area contributed by atoms with E-state index >= 15 is 0 Å². The minimum Gasteiger partial charge on any atom is -0.391 e. The van der Waals surface area contributed by atoms with Crippen LogP contribution < -0.4 is 5.56 Å². The fraction of sp³-hybridized carbons (Fsp3) is 0.267. The molecule has 1 aromatic heterocycles. The van der Waals surface area contributed by atoms with Crippen LogP contribution in [0.1, 0.15) is 25.5 Å². The molecule has 18 heavy (non-hydrogen) atoms. The number of benzene rings is 1. The number of aromatic nitrogens is 1. The van der Waals surface area contributed by atoms with Gasteiger partial charge in [0.25, 0.3) is 5.56 Å². The smallest absolute Gasteiger partial charge is 0.256 e. The second-order valence-electron chi connectivity index (χ2n) is 4.54. The third kappa shape index (κ3) is 2.22. The van der Waals surface area contributed by atoms with Crippen molar-refractivity contribution < 1.29 is 5.11 Å². The van der Waals surface area contributed by atoms with E-state index in [0.717, 1.165) is 11.3 Å². The molecule has 94 valence electrons. The molecule has 1 N–H and O–H groups in total. The molecule has 0 fully saturated rings. The molecule has 1 aromatic carbocycles. The van der Waals surface area contributed by atoms with Crippen LogP contribution in [0.5, 0.6) is 0 Å². The lowest BCUT2D eigenvalue weighted by atomic mass is 10.1. The predicted molar refractivity (Wildman–Crippen MR) is 72.4 cm³/mol. The van der Waals surface area contributed by atoms with Gasteiger partial charge in [0.05, 0.1) is 12.3 Å². The first-order valence-corrected chi connectivity index (χ1v) is 6.06. The van der Waals surface area contributed by atoms with Crippen molar-refractivity contribution in [3.05, 3.63) is 58.4 Å². The van der Waals surface area contributed by atoms with Crippen LogP contribution in [0, 0.1) is 0 Å². The first-order valence-electron chi connectivity index (χ1n) is 6.06. The van der Waals surface area contributed by atoms with Crippen LogP contribution in [-0.4, -0.2) is 9.67 Å². The van der Waals surface area contributed by atoms with Crippen LogP contribution in [0.25, 0.3) is 11.3 Å². The Bertz CT molecular complexity index is 585. The summed E-state index contributed by atoms with van der Waals surface area (Å²) >= 11 is 0. The van der Waals surface area contributed by atoms with E-state index in [9.17, 15) is 9.90 Å². The van der Waals surface area contributed by atoms with Gasteiger partial charge in [-0.15, -0.1) is 0 Å². The van der Waals surface area contributed by atoms with Crippen LogP contribution in [0.15, 0.2) is 47.3 Å². The summed E-state index contributed by atoms with van der Waals surface area (Å²) in [4.78, 5) is 12.2. The standard InChI is InChI=1S/C15H17NO2/c1-11(2)16-14(12-6-4-3-5-7-12)9-8-13(10-17)15(16)18/h3-9,11,17H,10H2,1-2H3. The molecule has 0 aliphatic heterocycles. The number of hydrogen-bond acceptors (Lipinski definition) is 2. The van der Waals surface area contributed by atoms with Crippen molar-refractivity contribution >= 4 is 0 Å². The molecule has 0 radical (unpaired) electrons. The summed E-state index contributed by atoms with van der Waals surface area (Å²) in [6.07, 6.45) is 0. The molecule has 2 rings (SSSR count). The van der Waals surface area contributed by atoms with Gasteiger partial charge < -0.3 is 9.67 Å². The molecule has 0 unspecified atom stereocenters. The number of aliphatic hydroxyl groups excluding tert-OH is 1. The van der Waals surface area contributed by atoms with Crippen LogP contribution in [-0.2, 0) is 6.61 Å². The Kier molecular flexibility index (Phi) is 3.63. The van der Waals surface area contributed by atoms with Crippen molar-refractivity contribution in [3.63, 3.8) is 0 Å². The Morgan fingerprint density at radius 2 is 1.78 bits per heavy atom. The van der Waals surface area contributed by atoms with E-state index < -0.39 is 0 Å². The van der Waals surface area contributed by atoms with Crippen LogP contribution in [0.3, 0.4) is 0 Å². The Morgan fingerprint density at radius 3 is 2.33 bits per heavy atom. The first kappa shape index (κ1) is 12.6. The van der Waals surface area contributed by atoms with E-state index in [1.807, 2.05) is 50.2 Å². The molecule has 0 bridgehead atoms. The van der Waals surface area contributed by atoms with Gasteiger partial charge in [-0.1, -0.05) is 30.3 Å². The van der Waals surface area contributed by atoms with Gasteiger partial charge in [-0.2, -0.15) is 0 Å². The lowest BCUT2D eigenvalue weighted by Crippen LogP contribution is -2.26. The molecule has 0 aliphatic carbocycles. The molecule has 0 amide bonds. The molecule has 0 spiro atoms. The second kappa shape index (κ2) is 5.19. The van der Waals surface area contributed by atoms with Gasteiger partial charge in [0.2, 0.25) is 0 Å². The highest BCUT2D eigenvalue weighted by molar-refractivity contribution is 5.59. The largest absolute Gasteiger partial charge is 0.391 e. The number of hydrogen-bond donors (Lipinski definition) is 1. The summed E-state index contributed by atoms with van der Waals surface area (Å²) in [6, 6.07) is 13.4. The molecule has 1 heterocycles. The summed E-state index contributed by atoms with van der Waals surface area (Å²) in [5, 5.41) is 9.17. The van der Waals surface area contributed by atoms with Crippen molar-refractivity contribution in [2.75, 3.05) is 0 Å². The number of aliphatic hydroxyl groups is 1. The first-order chi connectivity index (χ1) is 8.65. The fourth-order valence-corrected chi connectivity index (χ4v) is 2.07. The quantitative estimate of drug-likeness (QED) is 0.900. The third-order valence-corrected chi connectivity index (χ3v) is 2.95. The number of pyridine rings is 1. The zero-order chi connectivity index (χ0) is 13.1. The second-order valence-corrected chi connectivity index (χ2v) is 4.54. The Labute approximate surface area is 106 Å². The molecule has 2 aromatic rings. The monoisotopic (exact) mass is 243 g/mol. The summed E-state index contributed by atoms with van der Waals surface area (Å²) in [5.74, 6) is 0. The van der Waals surface area contributed by atoms with Gasteiger partial charge in [-0.3, -0.25) is 4.79 Å². The van der Waals surface area contributed by atoms with Gasteiger partial charge in [-0.25, -0.2) is 0 Å². The highest BCUT2D eigenvalue weighted by Gasteiger charge is 2.12. The van der Waals surface area contributed by atoms with E-state index in [4.69, 9.17) is 0 Å². The molecule has 0 aliphatic rings. The lowest BCUT2D eigenvalue weighted by molar-refractivity contribution is 0.279. The number of nitrogens with zero attached hydrogens (tertiary/aromatic N) is 1. The zero-order valence-corrected chi connectivity index (χ0v) is 10.6. The summed E-state index contributed by atoms with van der Waals surface area (Å²) < 4.78 is 1.72. The van der Waals surface area contributed by atoms with Crippen molar-refractivity contribution in [1.82, 2.24) is 4.57 Å². The molecule has 3 nitrogen and oxygen atoms in total. The van der Waals surface area contributed by atoms with Gasteiger partial charge in [0.15, 0.2) is 0 Å². The number of rotatable bonds is 3. The molecular weight excluding hydrogens is 226 g/mol. The Morgan fingerprint density at radius 1 is 1.11 bits per heavy atom. The van der Waals surface area contributed by atoms with Crippen LogP contribution >= 0.6 is 0 Å². The molecule has 0 atom stereocenters. The molecule has 0 saturated carbocycles. The van der Waals surface area contributed by atoms with Crippen molar-refractivity contribution in [3.8, 4) is 11.3 Å². The predicted octanol–water partition coefficient (Wildman–Crippen LogP) is 2.59. The van der Waals surface area contributed by atoms with Crippen molar-refractivity contribution in [2.24, 2.45) is 0 Å². The lowest BCUT2D eigenvalue weighted by Gasteiger charge is -2.17. The zero-order valence-electron chi connectivity index (χ0n) is 10.6. The van der Waals surface area contributed by atoms with Gasteiger partial charge in [0, 0.05) is 11.6 Å². The highest BCUT2D eigenvalue weighted by Crippen LogP contribution is 2.20. The van der Waals surface area contributed by atoms with E-state index in [2.05, 4.69) is 0 Å². The van der Waals surface area contributed by atoms with Crippen molar-refractivity contribution in [2.45, 2.75) is 26.5 Å². The minimum atomic E-state index is -0.222. The Hall–Kier alpha value is -1.87. The van der Waals surface area contributed by atoms with Gasteiger partial charge in [-0.05, 0) is 31.5 Å². The summed E-state index contributed by atoms with van der Waals surface area (Å²) in [7, 11) is 0. The molecule has 0 saturated heterocycles.